The van der Waals surface area contributed by atoms with E-state index in [1.807, 2.05) is 0 Å². The lowest BCUT2D eigenvalue weighted by atomic mass is 10.5. The summed E-state index contributed by atoms with van der Waals surface area (Å²) in [6.07, 6.45) is 0.798. The summed E-state index contributed by atoms with van der Waals surface area (Å²) in [4.78, 5) is 0. The second kappa shape index (κ2) is 13.3. The Kier molecular flexibility index (Phi) is 12.1. The topological polar surface area (TPSA) is 134 Å². The fourth-order valence-electron chi connectivity index (χ4n) is 2.15. The highest BCUT2D eigenvalue weighted by Crippen LogP contribution is 2.60. The van der Waals surface area contributed by atoms with Crippen LogP contribution in [0.5, 0.6) is 0 Å². The smallest absolute Gasteiger partial charge is 0.339 e. The van der Waals surface area contributed by atoms with Gasteiger partial charge in [0.25, 0.3) is 0 Å². The fraction of sp³-hybridized carbons (Fsp3) is 0.667. The summed E-state index contributed by atoms with van der Waals surface area (Å²) in [5.74, 6) is 0.137. The van der Waals surface area contributed by atoms with Gasteiger partial charge in [-0.15, -0.1) is 0 Å². The van der Waals surface area contributed by atoms with E-state index < -0.39 is 39.6 Å². The predicted octanol–water partition coefficient (Wildman–Crippen LogP) is 7.06. The summed E-state index contributed by atoms with van der Waals surface area (Å²) in [6.45, 7) is 13.7. The third kappa shape index (κ3) is 10.1. The number of hydrogen-bond donors (Lipinski definition) is 2. The molecule has 0 radical (unpaired) electrons. The van der Waals surface area contributed by atoms with Gasteiger partial charge in [-0.1, -0.05) is 23.2 Å². The van der Waals surface area contributed by atoms with Crippen molar-refractivity contribution in [1.29, 1.82) is 0 Å². The Morgan fingerprint density at radius 2 is 1.00 bits per heavy atom. The average Bonchev–Trinajstić information content (AvgIpc) is 3.08. The standard InChI is InChI=1S/C18H32Cl2N4O7P2/c1-11(2)27-32(25,28-12(3)4)15(19)9-21-17-18(24-31-23-17)22-10-16(20)33(26,29-13(5)6)30-14(7)8/h9-14H,1-8H3,(H,21,23)(H,22,24)/b15-9+,16-10+. The highest BCUT2D eigenvalue weighted by atomic mass is 35.5. The molecule has 11 nitrogen and oxygen atoms in total. The molecule has 0 unspecified atom stereocenters. The van der Waals surface area contributed by atoms with Crippen molar-refractivity contribution in [2.45, 2.75) is 79.8 Å². The Balaban J connectivity index is 3.06. The van der Waals surface area contributed by atoms with Crippen LogP contribution in [0, 0.1) is 0 Å². The largest absolute Gasteiger partial charge is 0.374 e. The molecule has 0 spiro atoms. The van der Waals surface area contributed by atoms with Crippen molar-refractivity contribution in [1.82, 2.24) is 10.3 Å². The maximum absolute atomic E-state index is 13.0. The molecule has 0 bridgehead atoms. The summed E-state index contributed by atoms with van der Waals surface area (Å²) in [5, 5.41) is 12.8. The van der Waals surface area contributed by atoms with Crippen LogP contribution < -0.4 is 10.6 Å². The van der Waals surface area contributed by atoms with Crippen LogP contribution >= 0.6 is 38.4 Å². The van der Waals surface area contributed by atoms with Gasteiger partial charge < -0.3 is 28.7 Å². The Morgan fingerprint density at radius 3 is 1.24 bits per heavy atom. The van der Waals surface area contributed by atoms with Gasteiger partial charge in [-0.25, -0.2) is 4.63 Å². The van der Waals surface area contributed by atoms with Crippen LogP contribution in [0.3, 0.4) is 0 Å². The van der Waals surface area contributed by atoms with Crippen molar-refractivity contribution in [3.63, 3.8) is 0 Å². The van der Waals surface area contributed by atoms with Crippen molar-refractivity contribution in [2.24, 2.45) is 0 Å². The Bertz CT molecular complexity index is 821. The van der Waals surface area contributed by atoms with Crippen LogP contribution in [0.4, 0.5) is 11.6 Å². The predicted molar refractivity (Wildman–Crippen MR) is 130 cm³/mol. The first-order chi connectivity index (χ1) is 15.2. The average molecular weight is 549 g/mol. The number of nitrogens with zero attached hydrogens (tertiary/aromatic N) is 2. The molecule has 190 valence electrons. The molecule has 0 atom stereocenters. The maximum atomic E-state index is 13.0. The van der Waals surface area contributed by atoms with E-state index in [-0.39, 0.29) is 21.2 Å². The van der Waals surface area contributed by atoms with Crippen LogP contribution in [0.25, 0.3) is 0 Å². The lowest BCUT2D eigenvalue weighted by Crippen LogP contribution is -2.09. The lowest BCUT2D eigenvalue weighted by Gasteiger charge is -2.22. The van der Waals surface area contributed by atoms with E-state index in [9.17, 15) is 9.13 Å². The summed E-state index contributed by atoms with van der Waals surface area (Å²) < 4.78 is 52.1. The number of halogens is 2. The SMILES string of the molecule is CC(C)OP(=O)(OC(C)C)/C(Cl)=C/Nc1nonc1N/C=C(\Cl)P(=O)(OC(C)C)OC(C)C. The van der Waals surface area contributed by atoms with Gasteiger partial charge in [0.15, 0.2) is 0 Å². The second-order valence-corrected chi connectivity index (χ2v) is 12.9. The Hall–Kier alpha value is -0.900. The van der Waals surface area contributed by atoms with Crippen molar-refractivity contribution >= 4 is 50.0 Å². The van der Waals surface area contributed by atoms with E-state index >= 15 is 0 Å². The fourth-order valence-corrected chi connectivity index (χ4v) is 5.91. The molecule has 0 amide bonds. The van der Waals surface area contributed by atoms with E-state index in [2.05, 4.69) is 20.9 Å². The van der Waals surface area contributed by atoms with Gasteiger partial charge >= 0.3 is 15.2 Å². The van der Waals surface area contributed by atoms with E-state index in [0.717, 1.165) is 0 Å². The van der Waals surface area contributed by atoms with E-state index in [1.165, 1.54) is 12.4 Å². The maximum Gasteiger partial charge on any atom is 0.374 e. The molecule has 15 heteroatoms. The summed E-state index contributed by atoms with van der Waals surface area (Å²) in [5.41, 5.74) is 0. The summed E-state index contributed by atoms with van der Waals surface area (Å²) >= 11 is 12.4. The van der Waals surface area contributed by atoms with Crippen LogP contribution in [-0.2, 0) is 27.2 Å². The highest BCUT2D eigenvalue weighted by molar-refractivity contribution is 7.61. The van der Waals surface area contributed by atoms with Crippen molar-refractivity contribution in [3.8, 4) is 0 Å². The normalized spacial score (nSPS) is 14.1. The molecular weight excluding hydrogens is 517 g/mol. The minimum absolute atomic E-state index is 0.0684. The quantitative estimate of drug-likeness (QED) is 0.231. The second-order valence-electron chi connectivity index (χ2n) is 7.80. The first kappa shape index (κ1) is 30.1. The third-order valence-electron chi connectivity index (χ3n) is 3.07. The molecule has 0 aromatic carbocycles. The van der Waals surface area contributed by atoms with E-state index in [0.29, 0.717) is 0 Å². The van der Waals surface area contributed by atoms with Gasteiger partial charge in [0.2, 0.25) is 11.6 Å². The minimum Gasteiger partial charge on any atom is -0.339 e. The number of rotatable bonds is 14. The molecule has 2 N–H and O–H groups in total. The molecule has 1 rings (SSSR count). The molecule has 1 heterocycles. The van der Waals surface area contributed by atoms with Gasteiger partial charge in [0.05, 0.1) is 24.4 Å². The van der Waals surface area contributed by atoms with Crippen LogP contribution in [-0.4, -0.2) is 34.7 Å². The van der Waals surface area contributed by atoms with Crippen LogP contribution in [0.1, 0.15) is 55.4 Å². The van der Waals surface area contributed by atoms with Crippen LogP contribution in [0.2, 0.25) is 0 Å². The summed E-state index contributed by atoms with van der Waals surface area (Å²) in [7, 11) is -7.55. The number of anilines is 2. The van der Waals surface area contributed by atoms with Gasteiger partial charge in [0.1, 0.15) is 9.55 Å². The zero-order valence-corrected chi connectivity index (χ0v) is 23.2. The highest BCUT2D eigenvalue weighted by Gasteiger charge is 2.33. The third-order valence-corrected chi connectivity index (χ3v) is 8.63. The zero-order chi connectivity index (χ0) is 25.4. The van der Waals surface area contributed by atoms with Gasteiger partial charge in [-0.3, -0.25) is 9.13 Å². The lowest BCUT2D eigenvalue weighted by molar-refractivity contribution is 0.147. The summed E-state index contributed by atoms with van der Waals surface area (Å²) in [6, 6.07) is 0. The van der Waals surface area contributed by atoms with E-state index in [4.69, 9.17) is 45.9 Å². The number of aromatic nitrogens is 2. The number of nitrogens with one attached hydrogen (secondary N) is 2. The van der Waals surface area contributed by atoms with Gasteiger partial charge in [-0.2, -0.15) is 0 Å². The molecule has 0 saturated carbocycles. The van der Waals surface area contributed by atoms with Crippen LogP contribution in [0.15, 0.2) is 26.6 Å². The van der Waals surface area contributed by atoms with Gasteiger partial charge in [0, 0.05) is 12.4 Å². The molecule has 1 aromatic heterocycles. The molecule has 0 aliphatic rings. The van der Waals surface area contributed by atoms with Crippen molar-refractivity contribution in [3.05, 3.63) is 21.9 Å². The molecule has 33 heavy (non-hydrogen) atoms. The van der Waals surface area contributed by atoms with Crippen molar-refractivity contribution < 1.29 is 31.9 Å². The van der Waals surface area contributed by atoms with Gasteiger partial charge in [-0.05, 0) is 65.7 Å². The monoisotopic (exact) mass is 548 g/mol. The molecule has 0 aliphatic carbocycles. The minimum atomic E-state index is -3.77. The number of hydrogen-bond acceptors (Lipinski definition) is 11. The zero-order valence-electron chi connectivity index (χ0n) is 19.9. The Morgan fingerprint density at radius 1 is 0.727 bits per heavy atom. The molecule has 0 fully saturated rings. The Labute approximate surface area is 204 Å². The van der Waals surface area contributed by atoms with Crippen molar-refractivity contribution in [2.75, 3.05) is 10.6 Å². The first-order valence-corrected chi connectivity index (χ1v) is 14.0. The first-order valence-electron chi connectivity index (χ1n) is 10.2. The molecule has 0 aliphatic heterocycles. The molecule has 1 aromatic rings. The molecular formula is C18H32Cl2N4O7P2. The van der Waals surface area contributed by atoms with E-state index in [1.54, 1.807) is 55.4 Å². The molecule has 0 saturated heterocycles.